The quantitative estimate of drug-likeness (QED) is 0.397. The van der Waals surface area contributed by atoms with Gasteiger partial charge >= 0.3 is 5.76 Å². The number of non-ortho nitro benzene ring substituents is 1. The Bertz CT molecular complexity index is 1200. The van der Waals surface area contributed by atoms with Crippen LogP contribution in [0.1, 0.15) is 12.8 Å². The summed E-state index contributed by atoms with van der Waals surface area (Å²) in [6.07, 6.45) is 0.521. The van der Waals surface area contributed by atoms with Gasteiger partial charge in [-0.2, -0.15) is 0 Å². The molecule has 0 bridgehead atoms. The zero-order chi connectivity index (χ0) is 23.3. The van der Waals surface area contributed by atoms with E-state index >= 15 is 0 Å². The molecular formula is C21H22N4O7. The number of amides is 2. The van der Waals surface area contributed by atoms with Crippen LogP contribution < -0.4 is 15.8 Å². The van der Waals surface area contributed by atoms with Crippen LogP contribution in [0.5, 0.6) is 5.75 Å². The molecule has 0 aliphatic rings. The van der Waals surface area contributed by atoms with Gasteiger partial charge in [-0.05, 0) is 36.8 Å². The number of fused-ring (bicyclic) bond motifs is 1. The number of hydrogen-bond donors (Lipinski definition) is 1. The highest BCUT2D eigenvalue weighted by molar-refractivity contribution is 5.90. The molecule has 168 valence electrons. The minimum atomic E-state index is -0.635. The molecule has 1 aromatic heterocycles. The lowest BCUT2D eigenvalue weighted by atomic mass is 10.2. The van der Waals surface area contributed by atoms with Crippen molar-refractivity contribution in [3.8, 4) is 5.75 Å². The first kappa shape index (κ1) is 22.5. The summed E-state index contributed by atoms with van der Waals surface area (Å²) < 4.78 is 11.8. The molecule has 0 saturated carbocycles. The van der Waals surface area contributed by atoms with Crippen LogP contribution in [0.4, 0.5) is 11.4 Å². The van der Waals surface area contributed by atoms with Gasteiger partial charge in [0, 0.05) is 38.8 Å². The number of benzene rings is 2. The van der Waals surface area contributed by atoms with E-state index in [0.717, 1.165) is 0 Å². The predicted molar refractivity (Wildman–Crippen MR) is 116 cm³/mol. The maximum Gasteiger partial charge on any atom is 0.419 e. The Morgan fingerprint density at radius 2 is 1.91 bits per heavy atom. The summed E-state index contributed by atoms with van der Waals surface area (Å²) in [7, 11) is 3.28. The van der Waals surface area contributed by atoms with Gasteiger partial charge in [0.15, 0.2) is 12.2 Å². The van der Waals surface area contributed by atoms with Crippen LogP contribution >= 0.6 is 0 Å². The van der Waals surface area contributed by atoms with Crippen molar-refractivity contribution in [3.05, 3.63) is 63.1 Å². The van der Waals surface area contributed by atoms with Crippen molar-refractivity contribution in [2.75, 3.05) is 26.0 Å². The number of anilines is 1. The van der Waals surface area contributed by atoms with E-state index in [4.69, 9.17) is 9.15 Å². The van der Waals surface area contributed by atoms with Crippen molar-refractivity contribution < 1.29 is 23.7 Å². The Kier molecular flexibility index (Phi) is 6.88. The summed E-state index contributed by atoms with van der Waals surface area (Å²) in [6, 6.07) is 10.6. The third kappa shape index (κ3) is 5.50. The summed E-state index contributed by atoms with van der Waals surface area (Å²) >= 11 is 0. The van der Waals surface area contributed by atoms with Gasteiger partial charge in [0.2, 0.25) is 5.91 Å². The molecule has 2 amide bonds. The maximum atomic E-state index is 12.2. The Hall–Kier alpha value is -4.15. The molecule has 3 aromatic rings. The number of carbonyl (C=O) groups excluding carboxylic acids is 2. The highest BCUT2D eigenvalue weighted by atomic mass is 16.6. The van der Waals surface area contributed by atoms with E-state index in [9.17, 15) is 24.5 Å². The van der Waals surface area contributed by atoms with Crippen molar-refractivity contribution in [3.63, 3.8) is 0 Å². The Morgan fingerprint density at radius 1 is 1.19 bits per heavy atom. The Labute approximate surface area is 182 Å². The highest BCUT2D eigenvalue weighted by Gasteiger charge is 2.14. The fourth-order valence-electron chi connectivity index (χ4n) is 2.91. The highest BCUT2D eigenvalue weighted by Crippen LogP contribution is 2.20. The van der Waals surface area contributed by atoms with Crippen LogP contribution in [0.25, 0.3) is 11.1 Å². The number of rotatable bonds is 9. The standard InChI is InChI=1S/C21H22N4O7/c1-23(2)20(27)13-31-16-8-5-14(6-9-16)22-19(26)4-3-11-24-17-10-7-15(25(29)30)12-18(17)32-21(24)28/h5-10,12H,3-4,11,13H2,1-2H3,(H,22,26). The molecule has 0 unspecified atom stereocenters. The SMILES string of the molecule is CN(C)C(=O)COc1ccc(NC(=O)CCCn2c(=O)oc3cc([N+](=O)[O-])ccc32)cc1. The second kappa shape index (κ2) is 9.77. The van der Waals surface area contributed by atoms with Crippen molar-refractivity contribution in [1.82, 2.24) is 9.47 Å². The minimum absolute atomic E-state index is 0.0753. The third-order valence-electron chi connectivity index (χ3n) is 4.65. The van der Waals surface area contributed by atoms with Crippen LogP contribution in [-0.2, 0) is 16.1 Å². The van der Waals surface area contributed by atoms with Crippen LogP contribution in [-0.4, -0.2) is 46.9 Å². The molecule has 0 fully saturated rings. The first-order valence-corrected chi connectivity index (χ1v) is 9.75. The molecule has 1 heterocycles. The molecule has 3 rings (SSSR count). The number of oxazole rings is 1. The average Bonchev–Trinajstić information content (AvgIpc) is 3.07. The molecule has 0 radical (unpaired) electrons. The fourth-order valence-corrected chi connectivity index (χ4v) is 2.91. The van der Waals surface area contributed by atoms with Gasteiger partial charge in [-0.25, -0.2) is 4.79 Å². The van der Waals surface area contributed by atoms with Gasteiger partial charge in [-0.15, -0.1) is 0 Å². The number of nitrogens with zero attached hydrogens (tertiary/aromatic N) is 3. The Morgan fingerprint density at radius 3 is 2.56 bits per heavy atom. The number of carbonyl (C=O) groups is 2. The van der Waals surface area contributed by atoms with E-state index in [2.05, 4.69) is 5.32 Å². The van der Waals surface area contributed by atoms with Gasteiger partial charge in [0.1, 0.15) is 5.75 Å². The summed E-state index contributed by atoms with van der Waals surface area (Å²) in [5.41, 5.74) is 0.964. The molecule has 2 aromatic carbocycles. The number of aromatic nitrogens is 1. The maximum absolute atomic E-state index is 12.2. The first-order valence-electron chi connectivity index (χ1n) is 9.75. The van der Waals surface area contributed by atoms with Gasteiger partial charge in [-0.3, -0.25) is 24.3 Å². The molecule has 11 heteroatoms. The number of nitrogens with one attached hydrogen (secondary N) is 1. The summed E-state index contributed by atoms with van der Waals surface area (Å²) in [5.74, 6) is -0.531. The number of nitro groups is 1. The van der Waals surface area contributed by atoms with E-state index in [1.165, 1.54) is 27.7 Å². The van der Waals surface area contributed by atoms with Crippen molar-refractivity contribution in [2.45, 2.75) is 19.4 Å². The summed E-state index contributed by atoms with van der Waals surface area (Å²) in [6.45, 7) is 0.151. The molecule has 11 nitrogen and oxygen atoms in total. The van der Waals surface area contributed by atoms with E-state index < -0.39 is 10.7 Å². The zero-order valence-electron chi connectivity index (χ0n) is 17.6. The molecule has 1 N–H and O–H groups in total. The number of nitro benzene ring substituents is 1. The average molecular weight is 442 g/mol. The van der Waals surface area contributed by atoms with Gasteiger partial charge < -0.3 is 19.4 Å². The largest absolute Gasteiger partial charge is 0.484 e. The number of hydrogen-bond acceptors (Lipinski definition) is 7. The molecule has 0 spiro atoms. The first-order chi connectivity index (χ1) is 15.2. The fraction of sp³-hybridized carbons (Fsp3) is 0.286. The van der Waals surface area contributed by atoms with E-state index in [0.29, 0.717) is 23.4 Å². The number of ether oxygens (including phenoxy) is 1. The lowest BCUT2D eigenvalue weighted by Crippen LogP contribution is -2.27. The van der Waals surface area contributed by atoms with Crippen LogP contribution in [0.15, 0.2) is 51.7 Å². The molecule has 0 atom stereocenters. The van der Waals surface area contributed by atoms with Gasteiger partial charge in [-0.1, -0.05) is 0 Å². The summed E-state index contributed by atoms with van der Waals surface area (Å²) in [5, 5.41) is 13.6. The minimum Gasteiger partial charge on any atom is -0.484 e. The number of likely N-dealkylation sites (N-methyl/N-ethyl adjacent to an activating group) is 1. The smallest absolute Gasteiger partial charge is 0.419 e. The molecule has 0 aliphatic heterocycles. The zero-order valence-corrected chi connectivity index (χ0v) is 17.6. The molecular weight excluding hydrogens is 420 g/mol. The van der Waals surface area contributed by atoms with Crippen LogP contribution in [0.2, 0.25) is 0 Å². The molecule has 32 heavy (non-hydrogen) atoms. The normalized spacial score (nSPS) is 10.7. The van der Waals surface area contributed by atoms with E-state index in [1.54, 1.807) is 38.4 Å². The summed E-state index contributed by atoms with van der Waals surface area (Å²) in [4.78, 5) is 47.5. The van der Waals surface area contributed by atoms with Crippen molar-refractivity contribution in [2.24, 2.45) is 0 Å². The van der Waals surface area contributed by atoms with E-state index in [-0.39, 0.29) is 42.7 Å². The monoisotopic (exact) mass is 442 g/mol. The van der Waals surface area contributed by atoms with Crippen molar-refractivity contribution >= 4 is 34.3 Å². The third-order valence-corrected chi connectivity index (χ3v) is 4.65. The molecule has 0 saturated heterocycles. The second-order valence-corrected chi connectivity index (χ2v) is 7.18. The predicted octanol–water partition coefficient (Wildman–Crippen LogP) is 2.39. The van der Waals surface area contributed by atoms with E-state index in [1.807, 2.05) is 0 Å². The lowest BCUT2D eigenvalue weighted by Gasteiger charge is -2.11. The second-order valence-electron chi connectivity index (χ2n) is 7.18. The van der Waals surface area contributed by atoms with Gasteiger partial charge in [0.05, 0.1) is 16.5 Å². The van der Waals surface area contributed by atoms with Crippen LogP contribution in [0, 0.1) is 10.1 Å². The molecule has 0 aliphatic carbocycles. The lowest BCUT2D eigenvalue weighted by molar-refractivity contribution is -0.384. The Balaban J connectivity index is 1.51. The van der Waals surface area contributed by atoms with Crippen LogP contribution in [0.3, 0.4) is 0 Å². The van der Waals surface area contributed by atoms with Crippen molar-refractivity contribution in [1.29, 1.82) is 0 Å². The van der Waals surface area contributed by atoms with Gasteiger partial charge in [0.25, 0.3) is 11.6 Å². The topological polar surface area (TPSA) is 137 Å². The number of aryl methyl sites for hydroxylation is 1.